The molecule has 1 amide bonds. The number of rotatable bonds is 4. The molecule has 0 aliphatic carbocycles. The molecule has 0 unspecified atom stereocenters. The van der Waals surface area contributed by atoms with Crippen LogP contribution in [0.2, 0.25) is 0 Å². The lowest BCUT2D eigenvalue weighted by Crippen LogP contribution is -2.38. The zero-order valence-electron chi connectivity index (χ0n) is 16.6. The molecule has 0 bridgehead atoms. The molecule has 3 aromatic heterocycles. The third-order valence-corrected chi connectivity index (χ3v) is 6.65. The minimum Gasteiger partial charge on any atom is -0.462 e. The van der Waals surface area contributed by atoms with Crippen LogP contribution in [-0.4, -0.2) is 43.9 Å². The zero-order chi connectivity index (χ0) is 20.5. The van der Waals surface area contributed by atoms with Gasteiger partial charge < -0.3 is 9.32 Å². The molecule has 4 aromatic rings. The Hall–Kier alpha value is -3.26. The predicted octanol–water partition coefficient (Wildman–Crippen LogP) is 4.31. The van der Waals surface area contributed by atoms with Crippen LogP contribution < -0.4 is 0 Å². The van der Waals surface area contributed by atoms with Gasteiger partial charge in [-0.05, 0) is 44.0 Å². The van der Waals surface area contributed by atoms with Crippen molar-refractivity contribution in [3.05, 3.63) is 71.2 Å². The summed E-state index contributed by atoms with van der Waals surface area (Å²) >= 11 is 1.57. The van der Waals surface area contributed by atoms with Crippen molar-refractivity contribution in [3.63, 3.8) is 0 Å². The number of hydrogen-bond acceptors (Lipinski definition) is 6. The summed E-state index contributed by atoms with van der Waals surface area (Å²) in [5.74, 6) is 1.11. The van der Waals surface area contributed by atoms with E-state index in [1.54, 1.807) is 23.8 Å². The predicted molar refractivity (Wildman–Crippen MR) is 114 cm³/mol. The fourth-order valence-electron chi connectivity index (χ4n) is 3.85. The minimum atomic E-state index is 0.0432. The van der Waals surface area contributed by atoms with E-state index in [1.807, 2.05) is 59.0 Å². The summed E-state index contributed by atoms with van der Waals surface area (Å²) in [6.45, 7) is 3.35. The van der Waals surface area contributed by atoms with Gasteiger partial charge in [0.1, 0.15) is 5.01 Å². The first kappa shape index (κ1) is 18.7. The standard InChI is InChI=1S/C22H21N5O2S/c1-15-18(14-23-27(15)17-6-3-2-4-7-17)22(28)26-11-9-16(10-12-26)20-24-25-21(30-20)19-8-5-13-29-19/h2-8,13-14,16H,9-12H2,1H3. The van der Waals surface area contributed by atoms with Crippen LogP contribution in [0.1, 0.15) is 39.8 Å². The number of likely N-dealkylation sites (tertiary alicyclic amines) is 1. The van der Waals surface area contributed by atoms with Gasteiger partial charge in [0.2, 0.25) is 0 Å². The lowest BCUT2D eigenvalue weighted by atomic mass is 9.97. The summed E-state index contributed by atoms with van der Waals surface area (Å²) in [6.07, 6.45) is 5.08. The second-order valence-electron chi connectivity index (χ2n) is 7.38. The van der Waals surface area contributed by atoms with Crippen molar-refractivity contribution in [3.8, 4) is 16.5 Å². The molecule has 0 atom stereocenters. The van der Waals surface area contributed by atoms with Crippen molar-refractivity contribution in [2.24, 2.45) is 0 Å². The third kappa shape index (κ3) is 3.43. The van der Waals surface area contributed by atoms with E-state index in [-0.39, 0.29) is 5.91 Å². The molecule has 7 nitrogen and oxygen atoms in total. The average Bonchev–Trinajstić information content (AvgIpc) is 3.55. The van der Waals surface area contributed by atoms with Crippen LogP contribution in [0.15, 0.2) is 59.3 Å². The number of para-hydroxylation sites is 1. The molecule has 1 aromatic carbocycles. The van der Waals surface area contributed by atoms with E-state index in [1.165, 1.54) is 0 Å². The van der Waals surface area contributed by atoms with E-state index in [4.69, 9.17) is 4.42 Å². The highest BCUT2D eigenvalue weighted by Gasteiger charge is 2.28. The van der Waals surface area contributed by atoms with Crippen molar-refractivity contribution in [2.45, 2.75) is 25.7 Å². The molecule has 152 valence electrons. The van der Waals surface area contributed by atoms with Crippen molar-refractivity contribution in [2.75, 3.05) is 13.1 Å². The summed E-state index contributed by atoms with van der Waals surface area (Å²) in [6, 6.07) is 13.6. The highest BCUT2D eigenvalue weighted by atomic mass is 32.1. The van der Waals surface area contributed by atoms with Gasteiger partial charge in [0.05, 0.1) is 29.4 Å². The Labute approximate surface area is 178 Å². The van der Waals surface area contributed by atoms with Crippen molar-refractivity contribution >= 4 is 17.2 Å². The van der Waals surface area contributed by atoms with E-state index < -0.39 is 0 Å². The fourth-order valence-corrected chi connectivity index (χ4v) is 4.83. The molecule has 0 saturated carbocycles. The van der Waals surface area contributed by atoms with Crippen LogP contribution >= 0.6 is 11.3 Å². The second-order valence-corrected chi connectivity index (χ2v) is 8.39. The van der Waals surface area contributed by atoms with Crippen molar-refractivity contribution in [1.82, 2.24) is 24.9 Å². The summed E-state index contributed by atoms with van der Waals surface area (Å²) in [7, 11) is 0. The lowest BCUT2D eigenvalue weighted by molar-refractivity contribution is 0.0712. The molecular formula is C22H21N5O2S. The van der Waals surface area contributed by atoms with E-state index in [0.29, 0.717) is 24.6 Å². The molecule has 30 heavy (non-hydrogen) atoms. The molecule has 1 aliphatic rings. The molecule has 1 fully saturated rings. The summed E-state index contributed by atoms with van der Waals surface area (Å²) in [4.78, 5) is 15.0. The highest BCUT2D eigenvalue weighted by Crippen LogP contribution is 2.34. The SMILES string of the molecule is Cc1c(C(=O)N2CCC(c3nnc(-c4ccco4)s3)CC2)cnn1-c1ccccc1. The third-order valence-electron chi connectivity index (χ3n) is 5.54. The van der Waals surface area contributed by atoms with Crippen LogP contribution in [0.3, 0.4) is 0 Å². The Morgan fingerprint density at radius 2 is 1.90 bits per heavy atom. The normalized spacial score (nSPS) is 14.9. The first-order valence-electron chi connectivity index (χ1n) is 9.97. The van der Waals surface area contributed by atoms with Crippen molar-refractivity contribution < 1.29 is 9.21 Å². The van der Waals surface area contributed by atoms with Gasteiger partial charge in [-0.1, -0.05) is 29.5 Å². The summed E-state index contributed by atoms with van der Waals surface area (Å²) in [5, 5.41) is 14.9. The number of hydrogen-bond donors (Lipinski definition) is 0. The van der Waals surface area contributed by atoms with Crippen LogP contribution in [0, 0.1) is 6.92 Å². The molecule has 4 heterocycles. The quantitative estimate of drug-likeness (QED) is 0.493. The maximum absolute atomic E-state index is 13.1. The Kier molecular flexibility index (Phi) is 4.92. The van der Waals surface area contributed by atoms with E-state index in [2.05, 4.69) is 15.3 Å². The molecule has 1 aliphatic heterocycles. The van der Waals surface area contributed by atoms with Gasteiger partial charge in [-0.15, -0.1) is 10.2 Å². The Morgan fingerprint density at radius 1 is 1.10 bits per heavy atom. The molecule has 0 radical (unpaired) electrons. The topological polar surface area (TPSA) is 77.1 Å². The number of furan rings is 1. The average molecular weight is 420 g/mol. The first-order chi connectivity index (χ1) is 14.7. The summed E-state index contributed by atoms with van der Waals surface area (Å²) < 4.78 is 7.23. The van der Waals surface area contributed by atoms with Gasteiger partial charge in [-0.2, -0.15) is 5.10 Å². The van der Waals surface area contributed by atoms with E-state index in [0.717, 1.165) is 40.0 Å². The monoisotopic (exact) mass is 419 g/mol. The highest BCUT2D eigenvalue weighted by molar-refractivity contribution is 7.14. The van der Waals surface area contributed by atoms with Crippen LogP contribution in [0.25, 0.3) is 16.5 Å². The number of benzene rings is 1. The molecule has 1 saturated heterocycles. The first-order valence-corrected chi connectivity index (χ1v) is 10.8. The van der Waals surface area contributed by atoms with Gasteiger partial charge in [0, 0.05) is 19.0 Å². The number of carbonyl (C=O) groups is 1. The number of aromatic nitrogens is 4. The fraction of sp³-hybridized carbons (Fsp3) is 0.273. The Bertz CT molecular complexity index is 1140. The molecule has 8 heteroatoms. The second kappa shape index (κ2) is 7.87. The van der Waals surface area contributed by atoms with Crippen LogP contribution in [0.5, 0.6) is 0 Å². The van der Waals surface area contributed by atoms with Gasteiger partial charge >= 0.3 is 0 Å². The van der Waals surface area contributed by atoms with Crippen molar-refractivity contribution in [1.29, 1.82) is 0 Å². The van der Waals surface area contributed by atoms with Gasteiger partial charge in [-0.3, -0.25) is 4.79 Å². The largest absolute Gasteiger partial charge is 0.462 e. The molecule has 5 rings (SSSR count). The molecular weight excluding hydrogens is 398 g/mol. The smallest absolute Gasteiger partial charge is 0.257 e. The number of nitrogens with zero attached hydrogens (tertiary/aromatic N) is 5. The van der Waals surface area contributed by atoms with Crippen LogP contribution in [-0.2, 0) is 0 Å². The van der Waals surface area contributed by atoms with Gasteiger partial charge in [0.15, 0.2) is 10.8 Å². The maximum Gasteiger partial charge on any atom is 0.257 e. The van der Waals surface area contributed by atoms with Gasteiger partial charge in [-0.25, -0.2) is 4.68 Å². The Morgan fingerprint density at radius 3 is 2.63 bits per heavy atom. The molecule has 0 spiro atoms. The zero-order valence-corrected chi connectivity index (χ0v) is 17.4. The molecule has 0 N–H and O–H groups in total. The Balaban J connectivity index is 1.26. The van der Waals surface area contributed by atoms with E-state index in [9.17, 15) is 4.79 Å². The number of carbonyl (C=O) groups excluding carboxylic acids is 1. The maximum atomic E-state index is 13.1. The summed E-state index contributed by atoms with van der Waals surface area (Å²) in [5.41, 5.74) is 2.48. The van der Waals surface area contributed by atoms with E-state index >= 15 is 0 Å². The minimum absolute atomic E-state index is 0.0432. The number of amides is 1. The number of piperidine rings is 1. The van der Waals surface area contributed by atoms with Gasteiger partial charge in [0.25, 0.3) is 5.91 Å². The lowest BCUT2D eigenvalue weighted by Gasteiger charge is -2.30. The van der Waals surface area contributed by atoms with Crippen LogP contribution in [0.4, 0.5) is 0 Å².